The Morgan fingerprint density at radius 1 is 1.41 bits per heavy atom. The average Bonchev–Trinajstić information content (AvgIpc) is 2.71. The van der Waals surface area contributed by atoms with E-state index in [1.165, 1.54) is 0 Å². The Balaban J connectivity index is 2.56. The minimum atomic E-state index is 0.329. The van der Waals surface area contributed by atoms with Gasteiger partial charge in [0.2, 0.25) is 0 Å². The fourth-order valence-electron chi connectivity index (χ4n) is 2.19. The Labute approximate surface area is 102 Å². The SMILES string of the molecule is CCCn1c(C(CC)CN)nc2cccnc21. The highest BCUT2D eigenvalue weighted by Gasteiger charge is 2.17. The predicted molar refractivity (Wildman–Crippen MR) is 69.9 cm³/mol. The zero-order valence-electron chi connectivity index (χ0n) is 10.6. The number of fused-ring (bicyclic) bond motifs is 1. The molecule has 4 heteroatoms. The first kappa shape index (κ1) is 12.0. The van der Waals surface area contributed by atoms with Gasteiger partial charge in [0.25, 0.3) is 0 Å². The standard InChI is InChI=1S/C13H20N4/c1-3-8-17-12(10(4-2)9-14)16-11-6-5-7-15-13(11)17/h5-7,10H,3-4,8-9,14H2,1-2H3. The quantitative estimate of drug-likeness (QED) is 0.860. The van der Waals surface area contributed by atoms with Crippen LogP contribution in [0, 0.1) is 0 Å². The lowest BCUT2D eigenvalue weighted by Gasteiger charge is -2.14. The van der Waals surface area contributed by atoms with Gasteiger partial charge in [-0.05, 0) is 25.0 Å². The molecule has 2 N–H and O–H groups in total. The molecule has 0 amide bonds. The van der Waals surface area contributed by atoms with Crippen LogP contribution in [-0.2, 0) is 6.54 Å². The zero-order chi connectivity index (χ0) is 12.3. The molecule has 0 aliphatic rings. The van der Waals surface area contributed by atoms with Gasteiger partial charge in [0.05, 0.1) is 0 Å². The molecule has 0 saturated heterocycles. The molecular formula is C13H20N4. The van der Waals surface area contributed by atoms with Crippen molar-refractivity contribution in [2.24, 2.45) is 5.73 Å². The monoisotopic (exact) mass is 232 g/mol. The molecule has 0 spiro atoms. The number of hydrogen-bond acceptors (Lipinski definition) is 3. The van der Waals surface area contributed by atoms with E-state index < -0.39 is 0 Å². The summed E-state index contributed by atoms with van der Waals surface area (Å²) in [6.07, 6.45) is 3.92. The first-order chi connectivity index (χ1) is 8.31. The first-order valence-corrected chi connectivity index (χ1v) is 6.33. The van der Waals surface area contributed by atoms with E-state index in [1.54, 1.807) is 0 Å². The normalized spacial score (nSPS) is 13.1. The van der Waals surface area contributed by atoms with E-state index >= 15 is 0 Å². The van der Waals surface area contributed by atoms with E-state index in [-0.39, 0.29) is 0 Å². The van der Waals surface area contributed by atoms with Gasteiger partial charge < -0.3 is 10.3 Å². The molecule has 2 heterocycles. The molecule has 1 unspecified atom stereocenters. The summed E-state index contributed by atoms with van der Waals surface area (Å²) in [5.74, 6) is 1.42. The van der Waals surface area contributed by atoms with Crippen molar-refractivity contribution < 1.29 is 0 Å². The summed E-state index contributed by atoms with van der Waals surface area (Å²) in [7, 11) is 0. The van der Waals surface area contributed by atoms with Crippen molar-refractivity contribution in [3.63, 3.8) is 0 Å². The Bertz CT molecular complexity index is 485. The van der Waals surface area contributed by atoms with Crippen LogP contribution in [0.2, 0.25) is 0 Å². The van der Waals surface area contributed by atoms with E-state index in [0.29, 0.717) is 12.5 Å². The largest absolute Gasteiger partial charge is 0.330 e. The molecule has 17 heavy (non-hydrogen) atoms. The van der Waals surface area contributed by atoms with Gasteiger partial charge in [-0.3, -0.25) is 0 Å². The van der Waals surface area contributed by atoms with Gasteiger partial charge in [0, 0.05) is 25.2 Å². The smallest absolute Gasteiger partial charge is 0.159 e. The van der Waals surface area contributed by atoms with E-state index in [1.807, 2.05) is 18.3 Å². The molecule has 0 aliphatic carbocycles. The molecule has 0 saturated carbocycles. The lowest BCUT2D eigenvalue weighted by atomic mass is 10.1. The maximum atomic E-state index is 5.83. The van der Waals surface area contributed by atoms with Crippen molar-refractivity contribution in [2.75, 3.05) is 6.54 Å². The predicted octanol–water partition coefficient (Wildman–Crippen LogP) is 2.29. The van der Waals surface area contributed by atoms with Crippen LogP contribution in [-0.4, -0.2) is 21.1 Å². The van der Waals surface area contributed by atoms with Crippen molar-refractivity contribution in [3.8, 4) is 0 Å². The van der Waals surface area contributed by atoms with Gasteiger partial charge in [0.15, 0.2) is 5.65 Å². The molecule has 0 radical (unpaired) electrons. The first-order valence-electron chi connectivity index (χ1n) is 6.33. The summed E-state index contributed by atoms with van der Waals surface area (Å²) < 4.78 is 2.22. The van der Waals surface area contributed by atoms with Gasteiger partial charge >= 0.3 is 0 Å². The van der Waals surface area contributed by atoms with Crippen molar-refractivity contribution in [3.05, 3.63) is 24.2 Å². The second-order valence-corrected chi connectivity index (χ2v) is 4.31. The van der Waals surface area contributed by atoms with Gasteiger partial charge in [-0.25, -0.2) is 9.97 Å². The fourth-order valence-corrected chi connectivity index (χ4v) is 2.19. The number of pyridine rings is 1. The van der Waals surface area contributed by atoms with Gasteiger partial charge in [-0.2, -0.15) is 0 Å². The lowest BCUT2D eigenvalue weighted by molar-refractivity contribution is 0.565. The zero-order valence-corrected chi connectivity index (χ0v) is 10.6. The van der Waals surface area contributed by atoms with E-state index in [0.717, 1.165) is 36.4 Å². The summed E-state index contributed by atoms with van der Waals surface area (Å²) in [4.78, 5) is 9.12. The molecule has 4 nitrogen and oxygen atoms in total. The molecule has 0 aromatic carbocycles. The summed E-state index contributed by atoms with van der Waals surface area (Å²) in [5, 5.41) is 0. The highest BCUT2D eigenvalue weighted by molar-refractivity contribution is 5.71. The van der Waals surface area contributed by atoms with Crippen molar-refractivity contribution in [1.29, 1.82) is 0 Å². The number of nitrogens with two attached hydrogens (primary N) is 1. The summed E-state index contributed by atoms with van der Waals surface area (Å²) in [5.41, 5.74) is 7.79. The topological polar surface area (TPSA) is 56.7 Å². The highest BCUT2D eigenvalue weighted by Crippen LogP contribution is 2.22. The van der Waals surface area contributed by atoms with Crippen LogP contribution in [0.3, 0.4) is 0 Å². The molecule has 0 fully saturated rings. The van der Waals surface area contributed by atoms with Crippen molar-refractivity contribution >= 4 is 11.2 Å². The summed E-state index contributed by atoms with van der Waals surface area (Å²) in [6, 6.07) is 3.94. The Morgan fingerprint density at radius 3 is 2.88 bits per heavy atom. The number of nitrogens with zero attached hydrogens (tertiary/aromatic N) is 3. The Morgan fingerprint density at radius 2 is 2.24 bits per heavy atom. The van der Waals surface area contributed by atoms with Crippen molar-refractivity contribution in [2.45, 2.75) is 39.2 Å². The van der Waals surface area contributed by atoms with Gasteiger partial charge in [-0.15, -0.1) is 0 Å². The van der Waals surface area contributed by atoms with Crippen LogP contribution in [0.25, 0.3) is 11.2 Å². The second-order valence-electron chi connectivity index (χ2n) is 4.31. The second kappa shape index (κ2) is 5.27. The number of rotatable bonds is 5. The molecule has 0 aliphatic heterocycles. The van der Waals surface area contributed by atoms with Crippen LogP contribution in [0.15, 0.2) is 18.3 Å². The Kier molecular flexibility index (Phi) is 3.74. The molecule has 92 valence electrons. The molecular weight excluding hydrogens is 212 g/mol. The molecule has 2 aromatic heterocycles. The third kappa shape index (κ3) is 2.17. The summed E-state index contributed by atoms with van der Waals surface area (Å²) >= 11 is 0. The Hall–Kier alpha value is -1.42. The number of imidazole rings is 1. The number of hydrogen-bond donors (Lipinski definition) is 1. The fraction of sp³-hybridized carbons (Fsp3) is 0.538. The highest BCUT2D eigenvalue weighted by atomic mass is 15.1. The molecule has 1 atom stereocenters. The van der Waals surface area contributed by atoms with Crippen LogP contribution in [0.4, 0.5) is 0 Å². The third-order valence-corrected chi connectivity index (χ3v) is 3.12. The maximum absolute atomic E-state index is 5.83. The van der Waals surface area contributed by atoms with Crippen LogP contribution < -0.4 is 5.73 Å². The molecule has 2 rings (SSSR count). The number of aromatic nitrogens is 3. The van der Waals surface area contributed by atoms with Gasteiger partial charge in [0.1, 0.15) is 11.3 Å². The van der Waals surface area contributed by atoms with E-state index in [9.17, 15) is 0 Å². The van der Waals surface area contributed by atoms with E-state index in [2.05, 4.69) is 23.4 Å². The molecule has 0 bridgehead atoms. The van der Waals surface area contributed by atoms with Crippen LogP contribution in [0.1, 0.15) is 38.4 Å². The van der Waals surface area contributed by atoms with E-state index in [4.69, 9.17) is 10.7 Å². The third-order valence-electron chi connectivity index (χ3n) is 3.12. The maximum Gasteiger partial charge on any atom is 0.159 e. The van der Waals surface area contributed by atoms with Crippen LogP contribution >= 0.6 is 0 Å². The summed E-state index contributed by atoms with van der Waals surface area (Å²) in [6.45, 7) is 5.92. The lowest BCUT2D eigenvalue weighted by Crippen LogP contribution is -2.17. The minimum Gasteiger partial charge on any atom is -0.330 e. The average molecular weight is 232 g/mol. The van der Waals surface area contributed by atoms with Crippen molar-refractivity contribution in [1.82, 2.24) is 14.5 Å². The van der Waals surface area contributed by atoms with Crippen LogP contribution in [0.5, 0.6) is 0 Å². The minimum absolute atomic E-state index is 0.329. The molecule has 2 aromatic rings. The van der Waals surface area contributed by atoms with Gasteiger partial charge in [-0.1, -0.05) is 13.8 Å². The number of aryl methyl sites for hydroxylation is 1.